The number of ether oxygens (including phenoxy) is 1. The van der Waals surface area contributed by atoms with Crippen LogP contribution in [0.3, 0.4) is 0 Å². The third-order valence-corrected chi connectivity index (χ3v) is 4.17. The molecule has 0 aliphatic heterocycles. The Morgan fingerprint density at radius 2 is 2.17 bits per heavy atom. The van der Waals surface area contributed by atoms with E-state index < -0.39 is 0 Å². The molecule has 2 N–H and O–H groups in total. The van der Waals surface area contributed by atoms with Gasteiger partial charge in [0.15, 0.2) is 5.96 Å². The fraction of sp³-hybridized carbons (Fsp3) is 0.647. The van der Waals surface area contributed by atoms with Gasteiger partial charge in [0.05, 0.1) is 6.61 Å². The zero-order chi connectivity index (χ0) is 17.1. The molecule has 0 aliphatic rings. The summed E-state index contributed by atoms with van der Waals surface area (Å²) in [4.78, 5) is 18.5. The molecule has 0 saturated heterocycles. The molecular formula is C17H29N3O2S. The molecule has 0 spiro atoms. The number of aryl methyl sites for hydroxylation is 1. The summed E-state index contributed by atoms with van der Waals surface area (Å²) in [5.74, 6) is 0.652. The Bertz CT molecular complexity index is 500. The summed E-state index contributed by atoms with van der Waals surface area (Å²) in [5.41, 5.74) is 0. The molecule has 23 heavy (non-hydrogen) atoms. The van der Waals surface area contributed by atoms with Gasteiger partial charge in [0, 0.05) is 41.7 Å². The molecule has 5 nitrogen and oxygen atoms in total. The van der Waals surface area contributed by atoms with Crippen molar-refractivity contribution in [2.24, 2.45) is 4.99 Å². The Balaban J connectivity index is 2.40. The van der Waals surface area contributed by atoms with E-state index in [0.29, 0.717) is 32.0 Å². The highest BCUT2D eigenvalue weighted by atomic mass is 32.1. The number of hydrogen-bond acceptors (Lipinski definition) is 4. The van der Waals surface area contributed by atoms with E-state index in [-0.39, 0.29) is 5.97 Å². The zero-order valence-electron chi connectivity index (χ0n) is 14.6. The predicted molar refractivity (Wildman–Crippen MR) is 97.2 cm³/mol. The van der Waals surface area contributed by atoms with Crippen molar-refractivity contribution in [3.8, 4) is 0 Å². The summed E-state index contributed by atoms with van der Waals surface area (Å²) in [5, 5.41) is 6.66. The molecule has 1 unspecified atom stereocenters. The maximum Gasteiger partial charge on any atom is 0.305 e. The fourth-order valence-electron chi connectivity index (χ4n) is 2.15. The molecule has 0 bridgehead atoms. The number of rotatable bonds is 9. The van der Waals surface area contributed by atoms with Crippen LogP contribution in [0.5, 0.6) is 0 Å². The first kappa shape index (κ1) is 19.5. The number of aliphatic imine (C=N–C) groups is 1. The number of esters is 1. The van der Waals surface area contributed by atoms with Gasteiger partial charge in [-0.15, -0.1) is 11.3 Å². The van der Waals surface area contributed by atoms with Crippen LogP contribution in [0.2, 0.25) is 0 Å². The van der Waals surface area contributed by atoms with Gasteiger partial charge >= 0.3 is 5.97 Å². The average molecular weight is 340 g/mol. The molecule has 0 fully saturated rings. The fourth-order valence-corrected chi connectivity index (χ4v) is 3.17. The topological polar surface area (TPSA) is 62.7 Å². The molecule has 1 atom stereocenters. The van der Waals surface area contributed by atoms with Crippen molar-refractivity contribution in [2.75, 3.05) is 19.7 Å². The molecule has 0 aliphatic carbocycles. The highest BCUT2D eigenvalue weighted by Crippen LogP contribution is 2.16. The number of guanidine groups is 1. The number of hydrogen-bond donors (Lipinski definition) is 2. The van der Waals surface area contributed by atoms with Gasteiger partial charge in [0.2, 0.25) is 0 Å². The summed E-state index contributed by atoms with van der Waals surface area (Å²) in [7, 11) is 0. The van der Waals surface area contributed by atoms with E-state index in [2.05, 4.69) is 41.6 Å². The molecule has 130 valence electrons. The Labute approximate surface area is 143 Å². The molecule has 0 aromatic carbocycles. The molecule has 1 rings (SSSR count). The lowest BCUT2D eigenvalue weighted by Crippen LogP contribution is -2.43. The van der Waals surface area contributed by atoms with E-state index in [0.717, 1.165) is 18.9 Å². The first-order valence-electron chi connectivity index (χ1n) is 8.30. The molecule has 0 amide bonds. The molecule has 0 saturated carbocycles. The quantitative estimate of drug-likeness (QED) is 0.314. The minimum atomic E-state index is -0.151. The predicted octanol–water partition coefficient (Wildman–Crippen LogP) is 2.89. The van der Waals surface area contributed by atoms with E-state index >= 15 is 0 Å². The van der Waals surface area contributed by atoms with Crippen LogP contribution in [0.1, 0.15) is 43.4 Å². The van der Waals surface area contributed by atoms with Gasteiger partial charge in [-0.25, -0.2) is 0 Å². The number of nitrogens with zero attached hydrogens (tertiary/aromatic N) is 1. The second kappa shape index (κ2) is 11.0. The van der Waals surface area contributed by atoms with Gasteiger partial charge in [-0.2, -0.15) is 0 Å². The molecule has 1 heterocycles. The lowest BCUT2D eigenvalue weighted by molar-refractivity contribution is -0.143. The smallest absolute Gasteiger partial charge is 0.305 e. The second-order valence-corrected chi connectivity index (χ2v) is 6.80. The van der Waals surface area contributed by atoms with Crippen LogP contribution in [0, 0.1) is 6.92 Å². The van der Waals surface area contributed by atoms with Crippen molar-refractivity contribution >= 4 is 23.3 Å². The number of nitrogens with one attached hydrogen (secondary N) is 2. The SMILES string of the molecule is CCNC(=NCCCC(=O)OCC)NC(C)Cc1ccc(C)s1. The summed E-state index contributed by atoms with van der Waals surface area (Å²) >= 11 is 1.83. The van der Waals surface area contributed by atoms with Gasteiger partial charge < -0.3 is 15.4 Å². The van der Waals surface area contributed by atoms with Crippen molar-refractivity contribution in [1.82, 2.24) is 10.6 Å². The normalized spacial score (nSPS) is 12.8. The van der Waals surface area contributed by atoms with E-state index in [1.165, 1.54) is 9.75 Å². The third kappa shape index (κ3) is 8.59. The van der Waals surface area contributed by atoms with Crippen LogP contribution < -0.4 is 10.6 Å². The first-order chi connectivity index (χ1) is 11.0. The number of carbonyl (C=O) groups is 1. The van der Waals surface area contributed by atoms with Crippen molar-refractivity contribution in [2.45, 2.75) is 53.0 Å². The van der Waals surface area contributed by atoms with Gasteiger partial charge in [-0.3, -0.25) is 9.79 Å². The van der Waals surface area contributed by atoms with Gasteiger partial charge in [-0.1, -0.05) is 0 Å². The number of carbonyl (C=O) groups excluding carboxylic acids is 1. The van der Waals surface area contributed by atoms with Crippen LogP contribution in [0.4, 0.5) is 0 Å². The summed E-state index contributed by atoms with van der Waals surface area (Å²) in [6.45, 7) is 10.0. The van der Waals surface area contributed by atoms with Crippen LogP contribution in [-0.4, -0.2) is 37.7 Å². The van der Waals surface area contributed by atoms with Crippen LogP contribution >= 0.6 is 11.3 Å². The average Bonchev–Trinajstić information content (AvgIpc) is 2.89. The first-order valence-corrected chi connectivity index (χ1v) is 9.12. The Morgan fingerprint density at radius 1 is 1.39 bits per heavy atom. The molecule has 1 aromatic heterocycles. The van der Waals surface area contributed by atoms with Crippen LogP contribution in [0.25, 0.3) is 0 Å². The maximum absolute atomic E-state index is 11.3. The minimum Gasteiger partial charge on any atom is -0.466 e. The standard InChI is InChI=1S/C17H29N3O2S/c1-5-18-17(19-11-7-8-16(21)22-6-2)20-13(3)12-15-10-9-14(4)23-15/h9-10,13H,5-8,11-12H2,1-4H3,(H2,18,19,20). The van der Waals surface area contributed by atoms with E-state index in [1.54, 1.807) is 0 Å². The van der Waals surface area contributed by atoms with Crippen molar-refractivity contribution in [1.29, 1.82) is 0 Å². The summed E-state index contributed by atoms with van der Waals surface area (Å²) in [6.07, 6.45) is 2.10. The molecular weight excluding hydrogens is 310 g/mol. The van der Waals surface area contributed by atoms with Crippen LogP contribution in [0.15, 0.2) is 17.1 Å². The Hall–Kier alpha value is -1.56. The largest absolute Gasteiger partial charge is 0.466 e. The van der Waals surface area contributed by atoms with Crippen molar-refractivity contribution < 1.29 is 9.53 Å². The maximum atomic E-state index is 11.3. The summed E-state index contributed by atoms with van der Waals surface area (Å²) < 4.78 is 4.91. The summed E-state index contributed by atoms with van der Waals surface area (Å²) in [6, 6.07) is 4.64. The zero-order valence-corrected chi connectivity index (χ0v) is 15.5. The van der Waals surface area contributed by atoms with Crippen LogP contribution in [-0.2, 0) is 16.0 Å². The van der Waals surface area contributed by atoms with E-state index in [4.69, 9.17) is 4.74 Å². The van der Waals surface area contributed by atoms with Gasteiger partial charge in [0.25, 0.3) is 0 Å². The van der Waals surface area contributed by atoms with E-state index in [9.17, 15) is 4.79 Å². The molecule has 1 aromatic rings. The molecule has 0 radical (unpaired) electrons. The van der Waals surface area contributed by atoms with E-state index in [1.807, 2.05) is 25.2 Å². The van der Waals surface area contributed by atoms with Gasteiger partial charge in [0.1, 0.15) is 0 Å². The Morgan fingerprint density at radius 3 is 2.78 bits per heavy atom. The minimum absolute atomic E-state index is 0.151. The highest BCUT2D eigenvalue weighted by Gasteiger charge is 2.08. The number of thiophene rings is 1. The molecule has 6 heteroatoms. The van der Waals surface area contributed by atoms with Crippen molar-refractivity contribution in [3.05, 3.63) is 21.9 Å². The highest BCUT2D eigenvalue weighted by molar-refractivity contribution is 7.11. The Kier molecular flexibility index (Phi) is 9.36. The third-order valence-electron chi connectivity index (χ3n) is 3.14. The van der Waals surface area contributed by atoms with Crippen molar-refractivity contribution in [3.63, 3.8) is 0 Å². The van der Waals surface area contributed by atoms with Gasteiger partial charge in [-0.05, 0) is 46.2 Å². The lowest BCUT2D eigenvalue weighted by atomic mass is 10.2. The second-order valence-electron chi connectivity index (χ2n) is 5.43. The lowest BCUT2D eigenvalue weighted by Gasteiger charge is -2.17. The monoisotopic (exact) mass is 339 g/mol.